The number of carbonyl (C=O) groups is 2. The number of hydrazine groups is 2. The summed E-state index contributed by atoms with van der Waals surface area (Å²) in [5, 5.41) is 17.0. The average molecular weight is 194 g/mol. The molecule has 14 heavy (non-hydrogen) atoms. The first-order chi connectivity index (χ1) is 6.62. The Balaban J connectivity index is 5.40. The van der Waals surface area contributed by atoms with Crippen molar-refractivity contribution in [3.63, 3.8) is 0 Å². The molecule has 72 valence electrons. The summed E-state index contributed by atoms with van der Waals surface area (Å²) in [6.07, 6.45) is 0. The highest BCUT2D eigenvalue weighted by Gasteiger charge is 2.19. The van der Waals surface area contributed by atoms with Gasteiger partial charge in [0.05, 0.1) is 0 Å². The van der Waals surface area contributed by atoms with Crippen molar-refractivity contribution < 1.29 is 9.59 Å². The number of rotatable bonds is 2. The van der Waals surface area contributed by atoms with E-state index in [1.54, 1.807) is 10.9 Å². The Bertz CT molecular complexity index is 335. The van der Waals surface area contributed by atoms with E-state index in [1.165, 1.54) is 12.1 Å². The fourth-order valence-corrected chi connectivity index (χ4v) is 0.585. The van der Waals surface area contributed by atoms with Crippen LogP contribution in [0.3, 0.4) is 0 Å². The van der Waals surface area contributed by atoms with Crippen molar-refractivity contribution in [2.24, 2.45) is 11.7 Å². The van der Waals surface area contributed by atoms with Gasteiger partial charge >= 0.3 is 0 Å². The molecule has 0 saturated carbocycles. The minimum Gasteiger partial charge on any atom is -0.289 e. The number of carbonyl (C=O) groups excluding carboxylic acids is 2. The van der Waals surface area contributed by atoms with Crippen molar-refractivity contribution in [3.05, 3.63) is 11.1 Å². The van der Waals surface area contributed by atoms with Gasteiger partial charge in [-0.25, -0.2) is 11.7 Å². The Kier molecular flexibility index (Phi) is 4.36. The molecule has 8 heteroatoms. The average Bonchev–Trinajstić information content (AvgIpc) is 2.23. The van der Waals surface area contributed by atoms with Gasteiger partial charge in [0.1, 0.15) is 23.3 Å². The molecule has 0 saturated heterocycles. The Morgan fingerprint density at radius 1 is 0.929 bits per heavy atom. The predicted molar refractivity (Wildman–Crippen MR) is 42.9 cm³/mol. The fourth-order valence-electron chi connectivity index (χ4n) is 0.585. The largest absolute Gasteiger partial charge is 0.289 e. The lowest BCUT2D eigenvalue weighted by atomic mass is 10.1. The Morgan fingerprint density at radius 2 is 1.21 bits per heavy atom. The van der Waals surface area contributed by atoms with Gasteiger partial charge in [0, 0.05) is 0 Å². The Labute approximate surface area is 78.7 Å². The number of nitrogens with two attached hydrogens (primary N) is 2. The van der Waals surface area contributed by atoms with Crippen LogP contribution >= 0.6 is 0 Å². The van der Waals surface area contributed by atoms with E-state index in [9.17, 15) is 9.59 Å². The molecule has 0 heterocycles. The molecule has 2 amide bonds. The van der Waals surface area contributed by atoms with Crippen LogP contribution in [0.15, 0.2) is 11.1 Å². The molecule has 0 aromatic carbocycles. The van der Waals surface area contributed by atoms with E-state index >= 15 is 0 Å². The second kappa shape index (κ2) is 5.27. The van der Waals surface area contributed by atoms with Crippen molar-refractivity contribution in [1.29, 1.82) is 10.5 Å². The molecule has 0 unspecified atom stereocenters. The molecular weight excluding hydrogens is 188 g/mol. The van der Waals surface area contributed by atoms with Crippen LogP contribution in [0.5, 0.6) is 0 Å². The molecule has 0 aromatic heterocycles. The lowest BCUT2D eigenvalue weighted by Crippen LogP contribution is -2.36. The third kappa shape index (κ3) is 2.28. The highest BCUT2D eigenvalue weighted by Crippen LogP contribution is 2.02. The summed E-state index contributed by atoms with van der Waals surface area (Å²) in [6, 6.07) is 2.74. The summed E-state index contributed by atoms with van der Waals surface area (Å²) in [4.78, 5) is 21.8. The van der Waals surface area contributed by atoms with Crippen LogP contribution in [0, 0.1) is 22.7 Å². The van der Waals surface area contributed by atoms with Crippen molar-refractivity contribution >= 4 is 11.8 Å². The lowest BCUT2D eigenvalue weighted by Gasteiger charge is -1.99. The van der Waals surface area contributed by atoms with Gasteiger partial charge in [-0.15, -0.1) is 0 Å². The van der Waals surface area contributed by atoms with E-state index in [4.69, 9.17) is 22.2 Å². The van der Waals surface area contributed by atoms with Crippen LogP contribution in [0.25, 0.3) is 0 Å². The third-order valence-electron chi connectivity index (χ3n) is 1.19. The molecule has 0 aromatic rings. The maximum absolute atomic E-state index is 10.9. The van der Waals surface area contributed by atoms with Crippen LogP contribution in [0.2, 0.25) is 0 Å². The summed E-state index contributed by atoms with van der Waals surface area (Å²) in [7, 11) is 0. The van der Waals surface area contributed by atoms with Gasteiger partial charge in [-0.05, 0) is 0 Å². The predicted octanol–water partition coefficient (Wildman–Crippen LogP) is -2.69. The van der Waals surface area contributed by atoms with Crippen molar-refractivity contribution in [3.8, 4) is 12.1 Å². The maximum atomic E-state index is 10.9. The minimum absolute atomic E-state index is 0.696. The smallest absolute Gasteiger partial charge is 0.277 e. The molecule has 0 fully saturated rings. The topological polar surface area (TPSA) is 158 Å². The number of hydrogen-bond acceptors (Lipinski definition) is 6. The number of nitrogens with zero attached hydrogens (tertiary/aromatic N) is 2. The molecule has 0 aliphatic heterocycles. The Hall–Kier alpha value is -2.42. The van der Waals surface area contributed by atoms with Crippen LogP contribution in [-0.2, 0) is 9.59 Å². The van der Waals surface area contributed by atoms with E-state index in [0.29, 0.717) is 0 Å². The highest BCUT2D eigenvalue weighted by atomic mass is 16.2. The molecule has 0 atom stereocenters. The molecule has 0 radical (unpaired) electrons. The van der Waals surface area contributed by atoms with Gasteiger partial charge in [-0.1, -0.05) is 0 Å². The van der Waals surface area contributed by atoms with Gasteiger partial charge in [0.15, 0.2) is 0 Å². The minimum atomic E-state index is -1.03. The summed E-state index contributed by atoms with van der Waals surface area (Å²) in [5.41, 5.74) is 1.84. The first-order valence-electron chi connectivity index (χ1n) is 3.18. The molecule has 0 spiro atoms. The standard InChI is InChI=1S/C6H6N6O2/c7-1-3(5(13)11-9)4(2-8)6(14)12-10/h9-10H2,(H,11,13)(H,12,14)/b4-3+. The van der Waals surface area contributed by atoms with Gasteiger partial charge in [0.25, 0.3) is 11.8 Å². The van der Waals surface area contributed by atoms with Gasteiger partial charge in [0.2, 0.25) is 0 Å². The van der Waals surface area contributed by atoms with Crippen molar-refractivity contribution in [1.82, 2.24) is 10.9 Å². The zero-order valence-corrected chi connectivity index (χ0v) is 6.87. The van der Waals surface area contributed by atoms with E-state index in [-0.39, 0.29) is 0 Å². The summed E-state index contributed by atoms with van der Waals surface area (Å²) >= 11 is 0. The SMILES string of the molecule is N#C/C(C(=O)NN)=C(/C#N)C(=O)NN. The second-order valence-electron chi connectivity index (χ2n) is 1.92. The lowest BCUT2D eigenvalue weighted by molar-refractivity contribution is -0.119. The maximum Gasteiger partial charge on any atom is 0.277 e. The molecule has 0 bridgehead atoms. The van der Waals surface area contributed by atoms with Crippen LogP contribution < -0.4 is 22.5 Å². The monoisotopic (exact) mass is 194 g/mol. The number of amides is 2. The molecule has 0 aliphatic carbocycles. The zero-order chi connectivity index (χ0) is 11.1. The van der Waals surface area contributed by atoms with Gasteiger partial charge < -0.3 is 0 Å². The zero-order valence-electron chi connectivity index (χ0n) is 6.87. The Morgan fingerprint density at radius 3 is 1.36 bits per heavy atom. The number of hydrogen-bond donors (Lipinski definition) is 4. The third-order valence-corrected chi connectivity index (χ3v) is 1.19. The van der Waals surface area contributed by atoms with E-state index in [1.807, 2.05) is 0 Å². The summed E-state index contributed by atoms with van der Waals surface area (Å²) in [5.74, 6) is 7.38. The summed E-state index contributed by atoms with van der Waals surface area (Å²) in [6.45, 7) is 0. The molecule has 8 nitrogen and oxygen atoms in total. The van der Waals surface area contributed by atoms with Crippen LogP contribution in [0.1, 0.15) is 0 Å². The molecule has 0 rings (SSSR count). The van der Waals surface area contributed by atoms with Crippen molar-refractivity contribution in [2.45, 2.75) is 0 Å². The first-order valence-corrected chi connectivity index (χ1v) is 3.18. The van der Waals surface area contributed by atoms with Crippen LogP contribution in [-0.4, -0.2) is 11.8 Å². The van der Waals surface area contributed by atoms with E-state index in [2.05, 4.69) is 0 Å². The first kappa shape index (κ1) is 11.6. The summed E-state index contributed by atoms with van der Waals surface area (Å²) < 4.78 is 0. The normalized spacial score (nSPS) is 10.3. The van der Waals surface area contributed by atoms with Crippen molar-refractivity contribution in [2.75, 3.05) is 0 Å². The van der Waals surface area contributed by atoms with Gasteiger partial charge in [-0.3, -0.25) is 20.4 Å². The van der Waals surface area contributed by atoms with E-state index < -0.39 is 23.0 Å². The molecule has 0 aliphatic rings. The highest BCUT2D eigenvalue weighted by molar-refractivity contribution is 6.09. The second-order valence-corrected chi connectivity index (χ2v) is 1.92. The van der Waals surface area contributed by atoms with Crippen LogP contribution in [0.4, 0.5) is 0 Å². The van der Waals surface area contributed by atoms with Gasteiger partial charge in [-0.2, -0.15) is 10.5 Å². The molecular formula is C6H6N6O2. The number of nitriles is 2. The molecule has 6 N–H and O–H groups in total. The fraction of sp³-hybridized carbons (Fsp3) is 0. The quantitative estimate of drug-likeness (QED) is 0.123. The van der Waals surface area contributed by atoms with E-state index in [0.717, 1.165) is 0 Å². The number of nitrogens with one attached hydrogen (secondary N) is 2.